The standard InChI is InChI=1S/C10H18N2O/c1-12-10(6-9(11)13)5-7-2-3-8(10)4-7/h7-8,12H,2-6H2,1H3,(H2,11,13). The Morgan fingerprint density at radius 1 is 1.62 bits per heavy atom. The molecule has 2 rings (SSSR count). The predicted octanol–water partition coefficient (Wildman–Crippen LogP) is 0.640. The zero-order valence-electron chi connectivity index (χ0n) is 8.18. The number of amides is 1. The summed E-state index contributed by atoms with van der Waals surface area (Å²) in [5.41, 5.74) is 5.34. The molecule has 0 aromatic heterocycles. The van der Waals surface area contributed by atoms with E-state index in [1.54, 1.807) is 0 Å². The van der Waals surface area contributed by atoms with E-state index >= 15 is 0 Å². The minimum atomic E-state index is -0.165. The van der Waals surface area contributed by atoms with Gasteiger partial charge in [0.2, 0.25) is 5.91 Å². The van der Waals surface area contributed by atoms with Crippen molar-refractivity contribution < 1.29 is 4.79 Å². The minimum Gasteiger partial charge on any atom is -0.370 e. The number of hydrogen-bond donors (Lipinski definition) is 2. The molecule has 3 heteroatoms. The number of carbonyl (C=O) groups excluding carboxylic acids is 1. The van der Waals surface area contributed by atoms with Crippen LogP contribution in [0, 0.1) is 11.8 Å². The molecule has 3 N–H and O–H groups in total. The Morgan fingerprint density at radius 3 is 2.77 bits per heavy atom. The van der Waals surface area contributed by atoms with Crippen LogP contribution in [0.3, 0.4) is 0 Å². The second-order valence-electron chi connectivity index (χ2n) is 4.63. The van der Waals surface area contributed by atoms with Gasteiger partial charge in [0.15, 0.2) is 0 Å². The van der Waals surface area contributed by atoms with Crippen LogP contribution in [0.15, 0.2) is 0 Å². The number of rotatable bonds is 3. The molecule has 0 aromatic rings. The van der Waals surface area contributed by atoms with Crippen LogP contribution in [0.1, 0.15) is 32.1 Å². The first-order chi connectivity index (χ1) is 6.16. The van der Waals surface area contributed by atoms with Crippen LogP contribution < -0.4 is 11.1 Å². The summed E-state index contributed by atoms with van der Waals surface area (Å²) in [5.74, 6) is 1.37. The monoisotopic (exact) mass is 182 g/mol. The maximum Gasteiger partial charge on any atom is 0.219 e. The number of hydrogen-bond acceptors (Lipinski definition) is 2. The van der Waals surface area contributed by atoms with E-state index in [0.29, 0.717) is 12.3 Å². The summed E-state index contributed by atoms with van der Waals surface area (Å²) in [7, 11) is 1.96. The van der Waals surface area contributed by atoms with Gasteiger partial charge >= 0.3 is 0 Å². The van der Waals surface area contributed by atoms with Gasteiger partial charge in [-0.25, -0.2) is 0 Å². The van der Waals surface area contributed by atoms with Crippen molar-refractivity contribution in [3.05, 3.63) is 0 Å². The van der Waals surface area contributed by atoms with E-state index < -0.39 is 0 Å². The Kier molecular flexibility index (Phi) is 2.06. The first-order valence-corrected chi connectivity index (χ1v) is 5.13. The summed E-state index contributed by atoms with van der Waals surface area (Å²) in [6.07, 6.45) is 5.60. The molecular weight excluding hydrogens is 164 g/mol. The second-order valence-corrected chi connectivity index (χ2v) is 4.63. The molecule has 0 radical (unpaired) electrons. The molecule has 74 valence electrons. The summed E-state index contributed by atoms with van der Waals surface area (Å²) >= 11 is 0. The number of fused-ring (bicyclic) bond motifs is 2. The van der Waals surface area contributed by atoms with E-state index in [2.05, 4.69) is 5.32 Å². The van der Waals surface area contributed by atoms with Gasteiger partial charge in [-0.1, -0.05) is 6.42 Å². The highest BCUT2D eigenvalue weighted by molar-refractivity contribution is 5.75. The molecule has 0 heterocycles. The van der Waals surface area contributed by atoms with Gasteiger partial charge in [0, 0.05) is 12.0 Å². The SMILES string of the molecule is CNC1(CC(N)=O)CC2CCC1C2. The van der Waals surface area contributed by atoms with Gasteiger partial charge in [0.05, 0.1) is 0 Å². The molecule has 3 nitrogen and oxygen atoms in total. The number of nitrogens with two attached hydrogens (primary N) is 1. The fourth-order valence-corrected chi connectivity index (χ4v) is 3.37. The summed E-state index contributed by atoms with van der Waals surface area (Å²) in [6, 6.07) is 0. The van der Waals surface area contributed by atoms with E-state index in [4.69, 9.17) is 5.73 Å². The third kappa shape index (κ3) is 1.35. The molecule has 2 bridgehead atoms. The van der Waals surface area contributed by atoms with Crippen LogP contribution in [0.5, 0.6) is 0 Å². The van der Waals surface area contributed by atoms with Gasteiger partial charge in [-0.15, -0.1) is 0 Å². The van der Waals surface area contributed by atoms with Crippen molar-refractivity contribution in [2.24, 2.45) is 17.6 Å². The van der Waals surface area contributed by atoms with Crippen molar-refractivity contribution >= 4 is 5.91 Å². The fourth-order valence-electron chi connectivity index (χ4n) is 3.37. The number of nitrogens with one attached hydrogen (secondary N) is 1. The van der Waals surface area contributed by atoms with Crippen LogP contribution in [-0.4, -0.2) is 18.5 Å². The second kappa shape index (κ2) is 2.98. The Labute approximate surface area is 79.1 Å². The van der Waals surface area contributed by atoms with Crippen molar-refractivity contribution in [3.8, 4) is 0 Å². The summed E-state index contributed by atoms with van der Waals surface area (Å²) in [5, 5.41) is 3.34. The number of primary amides is 1. The van der Waals surface area contributed by atoms with Crippen molar-refractivity contribution in [3.63, 3.8) is 0 Å². The van der Waals surface area contributed by atoms with Crippen LogP contribution in [0.4, 0.5) is 0 Å². The summed E-state index contributed by atoms with van der Waals surface area (Å²) in [6.45, 7) is 0. The lowest BCUT2D eigenvalue weighted by molar-refractivity contribution is -0.120. The number of carbonyl (C=O) groups is 1. The first kappa shape index (κ1) is 9.00. The van der Waals surface area contributed by atoms with Gasteiger partial charge in [0.1, 0.15) is 0 Å². The lowest BCUT2D eigenvalue weighted by atomic mass is 9.78. The molecule has 0 spiro atoms. The van der Waals surface area contributed by atoms with E-state index in [1.807, 2.05) is 7.05 Å². The smallest absolute Gasteiger partial charge is 0.219 e. The van der Waals surface area contributed by atoms with Crippen LogP contribution in [-0.2, 0) is 4.79 Å². The highest BCUT2D eigenvalue weighted by Gasteiger charge is 2.50. The minimum absolute atomic E-state index is 0.0503. The molecule has 0 aliphatic heterocycles. The summed E-state index contributed by atoms with van der Waals surface area (Å²) in [4.78, 5) is 11.0. The van der Waals surface area contributed by atoms with Gasteiger partial charge in [-0.05, 0) is 38.1 Å². The maximum atomic E-state index is 11.0. The Morgan fingerprint density at radius 2 is 2.38 bits per heavy atom. The van der Waals surface area contributed by atoms with Gasteiger partial charge in [-0.2, -0.15) is 0 Å². The highest BCUT2D eigenvalue weighted by Crippen LogP contribution is 2.51. The first-order valence-electron chi connectivity index (χ1n) is 5.13. The molecule has 3 atom stereocenters. The van der Waals surface area contributed by atoms with Crippen molar-refractivity contribution in [2.45, 2.75) is 37.6 Å². The third-order valence-electron chi connectivity index (χ3n) is 3.96. The van der Waals surface area contributed by atoms with Crippen molar-refractivity contribution in [1.29, 1.82) is 0 Å². The molecule has 0 aromatic carbocycles. The molecule has 2 saturated carbocycles. The Bertz CT molecular complexity index is 229. The molecule has 3 unspecified atom stereocenters. The quantitative estimate of drug-likeness (QED) is 0.673. The van der Waals surface area contributed by atoms with E-state index in [1.165, 1.54) is 19.3 Å². The van der Waals surface area contributed by atoms with Gasteiger partial charge in [-0.3, -0.25) is 4.79 Å². The molecule has 0 saturated heterocycles. The van der Waals surface area contributed by atoms with E-state index in [-0.39, 0.29) is 11.4 Å². The topological polar surface area (TPSA) is 55.1 Å². The molecule has 2 aliphatic carbocycles. The van der Waals surface area contributed by atoms with Crippen molar-refractivity contribution in [1.82, 2.24) is 5.32 Å². The molecule has 2 aliphatic rings. The Hall–Kier alpha value is -0.570. The highest BCUT2D eigenvalue weighted by atomic mass is 16.1. The lowest BCUT2D eigenvalue weighted by Gasteiger charge is -2.36. The normalized spacial score (nSPS) is 42.5. The summed E-state index contributed by atoms with van der Waals surface area (Å²) < 4.78 is 0. The molecule has 2 fully saturated rings. The molecule has 1 amide bonds. The van der Waals surface area contributed by atoms with Crippen molar-refractivity contribution in [2.75, 3.05) is 7.05 Å². The predicted molar refractivity (Wildman–Crippen MR) is 51.1 cm³/mol. The average molecular weight is 182 g/mol. The fraction of sp³-hybridized carbons (Fsp3) is 0.900. The zero-order chi connectivity index (χ0) is 9.47. The van der Waals surface area contributed by atoms with Crippen LogP contribution in [0.2, 0.25) is 0 Å². The van der Waals surface area contributed by atoms with E-state index in [0.717, 1.165) is 12.3 Å². The van der Waals surface area contributed by atoms with Crippen LogP contribution >= 0.6 is 0 Å². The molecule has 13 heavy (non-hydrogen) atoms. The van der Waals surface area contributed by atoms with E-state index in [9.17, 15) is 4.79 Å². The Balaban J connectivity index is 2.12. The largest absolute Gasteiger partial charge is 0.370 e. The van der Waals surface area contributed by atoms with Gasteiger partial charge < -0.3 is 11.1 Å². The average Bonchev–Trinajstić information content (AvgIpc) is 2.62. The van der Waals surface area contributed by atoms with Gasteiger partial charge in [0.25, 0.3) is 0 Å². The maximum absolute atomic E-state index is 11.0. The molecular formula is C10H18N2O. The lowest BCUT2D eigenvalue weighted by Crippen LogP contribution is -2.50. The third-order valence-corrected chi connectivity index (χ3v) is 3.96. The zero-order valence-corrected chi connectivity index (χ0v) is 8.18. The van der Waals surface area contributed by atoms with Crippen LogP contribution in [0.25, 0.3) is 0 Å².